The summed E-state index contributed by atoms with van der Waals surface area (Å²) in [5.41, 5.74) is 44.9. The predicted molar refractivity (Wildman–Crippen MR) is 527 cm³/mol. The van der Waals surface area contributed by atoms with Crippen LogP contribution in [0.2, 0.25) is 0 Å². The van der Waals surface area contributed by atoms with Gasteiger partial charge in [0.05, 0.1) is 42.0 Å². The van der Waals surface area contributed by atoms with E-state index in [1.54, 1.807) is 0 Å². The number of phenols is 2. The van der Waals surface area contributed by atoms with E-state index in [-0.39, 0.29) is 215 Å². The first-order valence-corrected chi connectivity index (χ1v) is 47.4. The molecule has 3 aliphatic rings. The summed E-state index contributed by atoms with van der Waals surface area (Å²) in [7, 11) is 1.24. The van der Waals surface area contributed by atoms with Gasteiger partial charge in [0.1, 0.15) is 89.9 Å². The number of benzene rings is 2. The Balaban J connectivity index is 1.45. The SMILES string of the molecule is COc1cccc2c1C(=O)c1c(O)c3c(c(O)c1C2=O)C[C@@](O)(C(=O)CO)C[C@@H]3O[C@H]1C[C@H](NC(=O)CCC(=O)N[C@@H](CCCNC(=N)N)C(=O)N[C@@H](CCCNC(=N)N)C(=O)NCCCCC(NC(=O)C(CCCNC(=N)N)NC(=O)C(CCCNC(=N)N)NC(C)=O)C(=O)N[C@@H](CCCNC(=N)N)C(=O)N[C@@H](CCCNC(=N)N)C(=O)N[C@@H](CCCNC(=N)N)C(=O)N[C@@H](CCCNC(=N)N)C(N)=O)[C@@H](O)[C@H](C)O1. The zero-order valence-electron chi connectivity index (χ0n) is 81.6. The van der Waals surface area contributed by atoms with E-state index in [0.717, 1.165) is 6.92 Å². The fourth-order valence-electron chi connectivity index (χ4n) is 16.3. The normalized spacial score (nSPS) is 17.7. The number of unbranched alkanes of at least 4 members (excludes halogenated alkanes) is 1. The van der Waals surface area contributed by atoms with Gasteiger partial charge in [0.2, 0.25) is 76.7 Å². The number of carbonyl (C=O) groups excluding carboxylic acids is 15. The molecule has 0 saturated carbocycles. The molecule has 59 heteroatoms. The number of aliphatic hydroxyl groups is 3. The summed E-state index contributed by atoms with van der Waals surface area (Å²) in [6.07, 6.45) is -10.6. The number of amides is 12. The van der Waals surface area contributed by atoms with Crippen molar-refractivity contribution >= 4 is 136 Å². The summed E-state index contributed by atoms with van der Waals surface area (Å²) < 4.78 is 17.7. The number of hydrogen-bond acceptors (Lipinski definition) is 31. The van der Waals surface area contributed by atoms with Crippen LogP contribution in [0.25, 0.3) is 0 Å². The van der Waals surface area contributed by atoms with Crippen molar-refractivity contribution in [2.24, 2.45) is 51.6 Å². The maximum atomic E-state index is 15.3. The lowest BCUT2D eigenvalue weighted by Crippen LogP contribution is -2.60. The molecule has 50 N–H and O–H groups in total. The van der Waals surface area contributed by atoms with Crippen molar-refractivity contribution in [2.75, 3.05) is 72.6 Å². The second-order valence-electron chi connectivity index (χ2n) is 35.0. The van der Waals surface area contributed by atoms with Crippen molar-refractivity contribution in [2.45, 2.75) is 259 Å². The van der Waals surface area contributed by atoms with Crippen LogP contribution >= 0.6 is 0 Å². The van der Waals surface area contributed by atoms with Gasteiger partial charge in [-0.1, -0.05) is 12.1 Å². The van der Waals surface area contributed by atoms with Gasteiger partial charge < -0.3 is 192 Å². The van der Waals surface area contributed by atoms with Crippen molar-refractivity contribution in [3.63, 3.8) is 0 Å². The van der Waals surface area contributed by atoms with E-state index in [1.165, 1.54) is 32.2 Å². The minimum absolute atomic E-state index is 0.00732. The molecular weight excluding hydrogens is 1920 g/mol. The molecule has 5 rings (SSSR count). The smallest absolute Gasteiger partial charge is 0.243 e. The molecule has 810 valence electrons. The monoisotopic (exact) mass is 2060 g/mol. The summed E-state index contributed by atoms with van der Waals surface area (Å²) in [6.45, 7) is 1.05. The van der Waals surface area contributed by atoms with Crippen molar-refractivity contribution in [1.82, 2.24) is 101 Å². The average Bonchev–Trinajstić information content (AvgIpc) is 0.708. The molecular formula is C87H144N36O23. The molecule has 0 aromatic heterocycles. The minimum Gasteiger partial charge on any atom is -0.507 e. The molecule has 2 aliphatic carbocycles. The Morgan fingerprint density at radius 3 is 1.12 bits per heavy atom. The van der Waals surface area contributed by atoms with Crippen LogP contribution in [0.3, 0.4) is 0 Å². The Bertz CT molecular complexity index is 5010. The predicted octanol–water partition coefficient (Wildman–Crippen LogP) is -10.8. The van der Waals surface area contributed by atoms with Gasteiger partial charge in [0, 0.05) is 115 Å². The fourth-order valence-corrected chi connectivity index (χ4v) is 16.3. The Morgan fingerprint density at radius 1 is 0.432 bits per heavy atom. The number of primary amides is 1. The van der Waals surface area contributed by atoms with Crippen molar-refractivity contribution in [1.29, 1.82) is 43.3 Å². The molecule has 0 spiro atoms. The maximum Gasteiger partial charge on any atom is 0.243 e. The van der Waals surface area contributed by atoms with E-state index >= 15 is 14.4 Å². The molecule has 3 unspecified atom stereocenters. The summed E-state index contributed by atoms with van der Waals surface area (Å²) in [5.74, 6) is -19.4. The van der Waals surface area contributed by atoms with Gasteiger partial charge in [-0.15, -0.1) is 0 Å². The number of fused-ring (bicyclic) bond motifs is 3. The van der Waals surface area contributed by atoms with Crippen molar-refractivity contribution in [3.8, 4) is 17.2 Å². The topological polar surface area (TPSA) is 1040 Å². The summed E-state index contributed by atoms with van der Waals surface area (Å²) in [5, 5.41) is 168. The number of ether oxygens (including phenoxy) is 3. The number of rotatable bonds is 64. The van der Waals surface area contributed by atoms with Gasteiger partial charge in [-0.2, -0.15) is 0 Å². The van der Waals surface area contributed by atoms with E-state index in [2.05, 4.69) is 101 Å². The number of carbonyl (C=O) groups is 15. The van der Waals surface area contributed by atoms with Gasteiger partial charge in [0.25, 0.3) is 0 Å². The van der Waals surface area contributed by atoms with Crippen LogP contribution in [-0.4, -0.2) is 319 Å². The van der Waals surface area contributed by atoms with E-state index in [9.17, 15) is 83.1 Å². The standard InChI is InChI=1S/C87H144N36O23/c1-41-65(129)54(37-60(145-41)146-56-39-87(143,57(126)40-124)38-44-62(56)69(133)64-63(67(44)131)66(130)43-15-6-25-55(144-3)61(43)68(64)132)116-59(128)27-26-58(127)115-48(20-10-32-109-82(95)96)73(137)118-46(18-8-30-107-80(91)92)71(135)105-28-5-4-16-49(119-76(140)51(22-12-34-111-84(99)100)120-72(136)47(114-42(2)125)19-9-31-108-81(93)94)75(139)122-52(23-13-35-112-85(101)102)78(142)123-53(24-14-36-113-86(103)104)77(141)121-50(21-11-33-110-83(97)98)74(138)117-45(70(88)134)17-7-29-106-79(89)90/h6,15,25,41,45-54,56,60,65,124,129,131,133,143H,4-5,7-14,16-24,26-40H2,1-3H3,(H2,88,134)(H,105,135)(H,114,125)(H,115,127)(H,116,128)(H,117,138)(H,118,137)(H,119,140)(H,120,136)(H,121,141)(H,122,139)(H,123,142)(H4,89,90,106)(H4,91,92,107)(H4,93,94,108)(H4,95,96,109)(H4,97,98,110)(H4,99,100,111)(H4,101,102,112)(H4,103,104,113)/t41-,45-,46-,47?,48-,49?,50-,51?,52-,53-,54-,56-,60-,65-,87-/m0/s1. The Kier molecular flexibility index (Phi) is 50.3. The second-order valence-corrected chi connectivity index (χ2v) is 35.0. The van der Waals surface area contributed by atoms with Gasteiger partial charge in [0.15, 0.2) is 65.5 Å². The molecule has 2 aromatic rings. The quantitative estimate of drug-likeness (QED) is 0.0108. The van der Waals surface area contributed by atoms with E-state index in [1.807, 2.05) is 0 Å². The first-order chi connectivity index (χ1) is 69.0. The number of Topliss-reactive ketones (excluding diaryl/α,β-unsaturated/α-hetero) is 1. The number of nitrogens with one attached hydrogen (secondary N) is 27. The first kappa shape index (κ1) is 121. The van der Waals surface area contributed by atoms with Crippen LogP contribution in [0.4, 0.5) is 0 Å². The number of ketones is 3. The largest absolute Gasteiger partial charge is 0.507 e. The Hall–Kier alpha value is -15.5. The number of phenolic OH excluding ortho intramolecular Hbond substituents is 2. The number of aliphatic hydroxyl groups excluding tert-OH is 2. The molecule has 146 heavy (non-hydrogen) atoms. The van der Waals surface area contributed by atoms with E-state index in [4.69, 9.17) is 109 Å². The van der Waals surface area contributed by atoms with Gasteiger partial charge >= 0.3 is 0 Å². The third kappa shape index (κ3) is 40.3. The molecule has 0 radical (unpaired) electrons. The maximum absolute atomic E-state index is 15.3. The molecule has 2 aromatic carbocycles. The number of hydrogen-bond donors (Lipinski definition) is 41. The lowest BCUT2D eigenvalue weighted by molar-refractivity contribution is -0.249. The van der Waals surface area contributed by atoms with E-state index < -0.39 is 282 Å². The summed E-state index contributed by atoms with van der Waals surface area (Å²) in [6, 6.07) is -10.8. The van der Waals surface area contributed by atoms with Crippen LogP contribution in [0.1, 0.15) is 211 Å². The molecule has 1 saturated heterocycles. The third-order valence-electron chi connectivity index (χ3n) is 23.6. The zero-order chi connectivity index (χ0) is 109. The molecule has 59 nitrogen and oxygen atoms in total. The molecule has 0 bridgehead atoms. The molecule has 1 fully saturated rings. The number of nitrogens with two attached hydrogens (primary N) is 9. The molecule has 15 atom stereocenters. The summed E-state index contributed by atoms with van der Waals surface area (Å²) >= 11 is 0. The highest BCUT2D eigenvalue weighted by molar-refractivity contribution is 6.31. The third-order valence-corrected chi connectivity index (χ3v) is 23.6. The highest BCUT2D eigenvalue weighted by Gasteiger charge is 2.51. The average molecular weight is 2060 g/mol. The molecule has 1 heterocycles. The van der Waals surface area contributed by atoms with Gasteiger partial charge in [-0.3, -0.25) is 115 Å². The lowest BCUT2D eigenvalue weighted by Gasteiger charge is -2.43. The highest BCUT2D eigenvalue weighted by atomic mass is 16.7. The van der Waals surface area contributed by atoms with Gasteiger partial charge in [-0.05, 0) is 135 Å². The second kappa shape index (κ2) is 60.8. The Morgan fingerprint density at radius 2 is 0.760 bits per heavy atom. The number of aromatic hydroxyl groups is 2. The minimum atomic E-state index is -2.53. The summed E-state index contributed by atoms with van der Waals surface area (Å²) in [4.78, 5) is 213. The number of guanidine groups is 8. The van der Waals surface area contributed by atoms with Crippen LogP contribution in [0, 0.1) is 43.3 Å². The lowest BCUT2D eigenvalue weighted by atomic mass is 9.72. The first-order valence-electron chi connectivity index (χ1n) is 47.4. The van der Waals surface area contributed by atoms with Crippen LogP contribution in [0.5, 0.6) is 17.2 Å². The van der Waals surface area contributed by atoms with Crippen LogP contribution < -0.4 is 157 Å². The van der Waals surface area contributed by atoms with Crippen LogP contribution in [-0.2, 0) is 78.2 Å². The van der Waals surface area contributed by atoms with E-state index in [0.29, 0.717) is 0 Å². The zero-order valence-corrected chi connectivity index (χ0v) is 81.6. The Labute approximate surface area is 840 Å². The fraction of sp³-hybridized carbons (Fsp3) is 0.598. The van der Waals surface area contributed by atoms with Crippen molar-refractivity contribution < 1.29 is 112 Å². The number of methoxy groups -OCH3 is 1. The molecule has 1 aliphatic heterocycles. The van der Waals surface area contributed by atoms with Gasteiger partial charge in [-0.25, -0.2) is 0 Å². The van der Waals surface area contributed by atoms with Crippen LogP contribution in [0.15, 0.2) is 18.2 Å². The molecule has 12 amide bonds. The van der Waals surface area contributed by atoms with Crippen molar-refractivity contribution in [3.05, 3.63) is 51.6 Å². The highest BCUT2D eigenvalue weighted by Crippen LogP contribution is 2.53.